The summed E-state index contributed by atoms with van der Waals surface area (Å²) >= 11 is 0. The molecule has 5 N–H and O–H groups in total. The number of fused-ring (bicyclic) bond motifs is 1. The van der Waals surface area contributed by atoms with Crippen molar-refractivity contribution >= 4 is 50.8 Å². The normalized spacial score (nSPS) is 28.4. The van der Waals surface area contributed by atoms with E-state index in [9.17, 15) is 39.6 Å². The van der Waals surface area contributed by atoms with E-state index in [4.69, 9.17) is 18.9 Å². The monoisotopic (exact) mass is 804 g/mol. The average Bonchev–Trinajstić information content (AvgIpc) is 3.62. The molecule has 0 saturated heterocycles. The number of ketones is 2. The van der Waals surface area contributed by atoms with Gasteiger partial charge in [-0.2, -0.15) is 0 Å². The molecule has 1 amide bonds. The highest BCUT2D eigenvalue weighted by Crippen LogP contribution is 2.55. The molecular formula is C44H56N2O12. The number of aliphatic hydroxyl groups is 2. The Morgan fingerprint density at radius 3 is 2.19 bits per heavy atom. The number of carbonyl (C=O) groups is 4. The van der Waals surface area contributed by atoms with Gasteiger partial charge in [-0.1, -0.05) is 52.8 Å². The van der Waals surface area contributed by atoms with Gasteiger partial charge in [-0.25, -0.2) is 0 Å². The maximum atomic E-state index is 14.7. The number of nitrogens with one attached hydrogen (secondary N) is 1. The molecule has 14 nitrogen and oxygen atoms in total. The van der Waals surface area contributed by atoms with Gasteiger partial charge in [-0.05, 0) is 33.3 Å². The lowest BCUT2D eigenvalue weighted by atomic mass is 9.78. The molecule has 0 fully saturated rings. The van der Waals surface area contributed by atoms with Gasteiger partial charge < -0.3 is 49.3 Å². The molecule has 58 heavy (non-hydrogen) atoms. The number of phenols is 2. The van der Waals surface area contributed by atoms with E-state index in [-0.39, 0.29) is 55.6 Å². The third-order valence-electron chi connectivity index (χ3n) is 12.0. The number of hydrogen-bond acceptors (Lipinski definition) is 12. The molecule has 0 radical (unpaired) electrons. The Labute approximate surface area is 338 Å². The number of rotatable bonds is 4. The van der Waals surface area contributed by atoms with E-state index in [0.29, 0.717) is 17.6 Å². The number of Topliss-reactive ketones (excluding diaryl/α,β-unsaturated/α-hetero) is 2. The van der Waals surface area contributed by atoms with E-state index in [0.717, 1.165) is 0 Å². The van der Waals surface area contributed by atoms with Crippen molar-refractivity contribution in [1.82, 2.24) is 4.57 Å². The molecule has 9 unspecified atom stereocenters. The summed E-state index contributed by atoms with van der Waals surface area (Å²) in [4.78, 5) is 54.3. The first-order valence-electron chi connectivity index (χ1n) is 19.5. The molecule has 14 heteroatoms. The summed E-state index contributed by atoms with van der Waals surface area (Å²) in [5, 5.41) is 49.7. The Bertz CT molecular complexity index is 2270. The van der Waals surface area contributed by atoms with Crippen LogP contribution in [0.5, 0.6) is 17.2 Å². The SMILES string of the molecule is CCc1c(C(C)=O)c2c3c(O)c4c(O)c(C)c5c(c4c2n1C)C(=O)C(C)(OC=CC(OC)C(C)C(OC(C)=O)C(C)C(O)C(C)C(O)C(C)C=CC=C(C)C(=O)N3)O5. The van der Waals surface area contributed by atoms with Crippen LogP contribution in [0.2, 0.25) is 0 Å². The third kappa shape index (κ3) is 7.37. The molecule has 314 valence electrons. The first kappa shape index (κ1) is 43.9. The maximum Gasteiger partial charge on any atom is 0.312 e. The molecule has 0 spiro atoms. The Morgan fingerprint density at radius 2 is 1.60 bits per heavy atom. The second kappa shape index (κ2) is 16.6. The topological polar surface area (TPSA) is 203 Å². The minimum absolute atomic E-state index is 0.00280. The molecular weight excluding hydrogens is 748 g/mol. The van der Waals surface area contributed by atoms with Gasteiger partial charge in [0.1, 0.15) is 17.6 Å². The number of hydrogen-bond donors (Lipinski definition) is 5. The van der Waals surface area contributed by atoms with Crippen molar-refractivity contribution in [2.24, 2.45) is 30.7 Å². The summed E-state index contributed by atoms with van der Waals surface area (Å²) in [5.41, 5.74) is 1.26. The number of anilines is 1. The van der Waals surface area contributed by atoms with Gasteiger partial charge >= 0.3 is 11.8 Å². The fraction of sp³-hybridized carbons (Fsp3) is 0.500. The van der Waals surface area contributed by atoms with Crippen molar-refractivity contribution in [3.05, 3.63) is 58.5 Å². The lowest BCUT2D eigenvalue weighted by Gasteiger charge is -2.38. The van der Waals surface area contributed by atoms with Crippen LogP contribution < -0.4 is 10.1 Å². The van der Waals surface area contributed by atoms with Crippen molar-refractivity contribution in [1.29, 1.82) is 0 Å². The van der Waals surface area contributed by atoms with Crippen LogP contribution >= 0.6 is 0 Å². The minimum atomic E-state index is -1.99. The van der Waals surface area contributed by atoms with E-state index in [2.05, 4.69) is 5.32 Å². The summed E-state index contributed by atoms with van der Waals surface area (Å²) in [6.45, 7) is 15.9. The predicted octanol–water partition coefficient (Wildman–Crippen LogP) is 6.31. The number of benzene rings is 2. The number of phenolic OH excluding ortho intramolecular Hbond substituents is 2. The Hall–Kier alpha value is -5.18. The molecule has 9 atom stereocenters. The zero-order chi connectivity index (χ0) is 43.3. The highest BCUT2D eigenvalue weighted by Gasteiger charge is 2.50. The number of aromatic nitrogens is 1. The molecule has 5 rings (SSSR count). The number of amides is 1. The van der Waals surface area contributed by atoms with E-state index in [1.54, 1.807) is 58.4 Å². The highest BCUT2D eigenvalue weighted by atomic mass is 16.7. The van der Waals surface area contributed by atoms with E-state index >= 15 is 0 Å². The van der Waals surface area contributed by atoms with Crippen molar-refractivity contribution in [2.75, 3.05) is 12.4 Å². The lowest BCUT2D eigenvalue weighted by Crippen LogP contribution is -2.46. The second-order valence-electron chi connectivity index (χ2n) is 15.9. The average molecular weight is 805 g/mol. The Morgan fingerprint density at radius 1 is 0.948 bits per heavy atom. The van der Waals surface area contributed by atoms with E-state index in [1.165, 1.54) is 53.2 Å². The second-order valence-corrected chi connectivity index (χ2v) is 15.9. The van der Waals surface area contributed by atoms with Crippen LogP contribution in [-0.4, -0.2) is 85.7 Å². The van der Waals surface area contributed by atoms with Gasteiger partial charge in [-0.3, -0.25) is 19.2 Å². The van der Waals surface area contributed by atoms with Crippen LogP contribution in [-0.2, 0) is 37.3 Å². The number of carbonyl (C=O) groups excluding carboxylic acids is 4. The van der Waals surface area contributed by atoms with Crippen LogP contribution in [0.25, 0.3) is 21.7 Å². The maximum absolute atomic E-state index is 14.7. The van der Waals surface area contributed by atoms with Gasteiger partial charge in [0.05, 0.1) is 46.7 Å². The number of esters is 1. The smallest absolute Gasteiger partial charge is 0.312 e. The summed E-state index contributed by atoms with van der Waals surface area (Å²) in [6, 6.07) is 0. The first-order valence-corrected chi connectivity index (χ1v) is 19.5. The Balaban J connectivity index is 1.81. The molecule has 2 aromatic carbocycles. The fourth-order valence-electron chi connectivity index (χ4n) is 8.54. The van der Waals surface area contributed by atoms with Gasteiger partial charge in [0.25, 0.3) is 11.7 Å². The summed E-state index contributed by atoms with van der Waals surface area (Å²) in [6.07, 6.45) is 4.07. The zero-order valence-corrected chi connectivity index (χ0v) is 35.2. The molecule has 0 aliphatic carbocycles. The standard InChI is InChI=1S/C44H56N2O12/c1-13-27-29(25(8)47)31-34-39(52)32-30(35(31)46(27)11)33-41(24(7)38(32)51)58-44(10,42(33)53)56-18-17-28(55-12)21(4)40(57-26(9)48)23(6)37(50)22(5)36(49)19(2)15-14-16-20(3)43(54)45-34/h14-19,21-23,28,36-37,40,49-52H,13H2,1-12H3,(H,45,54). The quantitative estimate of drug-likeness (QED) is 0.112. The van der Waals surface area contributed by atoms with Gasteiger partial charge in [0.2, 0.25) is 0 Å². The number of aromatic hydroxyl groups is 2. The molecule has 3 heterocycles. The third-order valence-corrected chi connectivity index (χ3v) is 12.0. The minimum Gasteiger partial charge on any atom is -0.507 e. The molecule has 4 bridgehead atoms. The van der Waals surface area contributed by atoms with Crippen molar-refractivity contribution in [2.45, 2.75) is 106 Å². The van der Waals surface area contributed by atoms with Gasteiger partial charge in [-0.15, -0.1) is 0 Å². The molecule has 1 aromatic heterocycles. The number of methoxy groups -OCH3 is 1. The number of aliphatic hydroxyl groups excluding tert-OH is 2. The molecule has 2 aliphatic rings. The molecule has 3 aromatic rings. The van der Waals surface area contributed by atoms with Gasteiger partial charge in [0, 0.05) is 84.8 Å². The van der Waals surface area contributed by atoms with E-state index in [1.807, 2.05) is 6.92 Å². The van der Waals surface area contributed by atoms with Crippen molar-refractivity contribution in [3.63, 3.8) is 0 Å². The fourth-order valence-corrected chi connectivity index (χ4v) is 8.54. The summed E-state index contributed by atoms with van der Waals surface area (Å²) in [7, 11) is 3.15. The lowest BCUT2D eigenvalue weighted by molar-refractivity contribution is -0.160. The largest absolute Gasteiger partial charge is 0.507 e. The summed E-state index contributed by atoms with van der Waals surface area (Å²) in [5.74, 6) is -7.64. The van der Waals surface area contributed by atoms with Crippen LogP contribution in [0.3, 0.4) is 0 Å². The molecule has 2 aliphatic heterocycles. The van der Waals surface area contributed by atoms with Crippen LogP contribution in [0.1, 0.15) is 94.3 Å². The predicted molar refractivity (Wildman–Crippen MR) is 218 cm³/mol. The van der Waals surface area contributed by atoms with Crippen LogP contribution in [0, 0.1) is 30.6 Å². The molecule has 0 saturated carbocycles. The Kier molecular flexibility index (Phi) is 12.6. The van der Waals surface area contributed by atoms with E-state index < -0.39 is 83.0 Å². The first-order chi connectivity index (χ1) is 27.1. The zero-order valence-electron chi connectivity index (χ0n) is 35.2. The highest BCUT2D eigenvalue weighted by molar-refractivity contribution is 6.31. The number of nitrogens with zero attached hydrogens (tertiary/aromatic N) is 1. The van der Waals surface area contributed by atoms with Crippen LogP contribution in [0.15, 0.2) is 36.1 Å². The summed E-state index contributed by atoms with van der Waals surface area (Å²) < 4.78 is 25.6. The van der Waals surface area contributed by atoms with Crippen molar-refractivity contribution in [3.8, 4) is 17.2 Å². The number of ether oxygens (including phenoxy) is 4. The van der Waals surface area contributed by atoms with Gasteiger partial charge in [0.15, 0.2) is 11.5 Å². The number of aryl methyl sites for hydroxylation is 1. The van der Waals surface area contributed by atoms with Crippen LogP contribution in [0.4, 0.5) is 5.69 Å². The number of allylic oxidation sites excluding steroid dienone is 2. The van der Waals surface area contributed by atoms with Crippen molar-refractivity contribution < 1.29 is 58.6 Å².